The minimum Gasteiger partial charge on any atom is -0.465 e. The van der Waals surface area contributed by atoms with Gasteiger partial charge in [-0.25, -0.2) is 14.5 Å². The minimum atomic E-state index is -0.400. The molecule has 3 heterocycles. The van der Waals surface area contributed by atoms with Crippen LogP contribution in [-0.4, -0.2) is 34.6 Å². The summed E-state index contributed by atoms with van der Waals surface area (Å²) in [7, 11) is 1.38. The number of hydrogen-bond acceptors (Lipinski definition) is 6. The molecule has 3 aromatic rings. The van der Waals surface area contributed by atoms with Gasteiger partial charge in [0, 0.05) is 12.1 Å². The van der Waals surface area contributed by atoms with Crippen LogP contribution in [0.3, 0.4) is 0 Å². The number of nitrogens with zero attached hydrogens (tertiary/aromatic N) is 3. The fraction of sp³-hybridized carbons (Fsp3) is 0.350. The lowest BCUT2D eigenvalue weighted by atomic mass is 10.1. The molecule has 0 saturated heterocycles. The first-order valence-corrected chi connectivity index (χ1v) is 8.99. The van der Waals surface area contributed by atoms with Crippen LogP contribution in [0.15, 0.2) is 24.3 Å². The normalized spacial score (nSPS) is 12.6. The van der Waals surface area contributed by atoms with E-state index in [-0.39, 0.29) is 6.79 Å². The number of carbonyl (C=O) groups excluding carboxylic acids is 1. The number of benzene rings is 1. The molecular formula is C20H21N3O4. The number of unbranched alkanes of at least 4 members (excludes halogenated alkanes) is 1. The van der Waals surface area contributed by atoms with Crippen molar-refractivity contribution >= 4 is 17.0 Å². The van der Waals surface area contributed by atoms with Crippen LogP contribution in [0.2, 0.25) is 0 Å². The van der Waals surface area contributed by atoms with Crippen molar-refractivity contribution in [2.45, 2.75) is 33.2 Å². The van der Waals surface area contributed by atoms with Crippen LogP contribution in [0, 0.1) is 6.92 Å². The molecule has 0 spiro atoms. The van der Waals surface area contributed by atoms with Crippen LogP contribution in [0.5, 0.6) is 11.5 Å². The summed E-state index contributed by atoms with van der Waals surface area (Å²) in [5.74, 6) is 0.976. The maximum Gasteiger partial charge on any atom is 0.338 e. The Hall–Kier alpha value is -3.09. The van der Waals surface area contributed by atoms with E-state index in [1.54, 1.807) is 6.07 Å². The van der Waals surface area contributed by atoms with Gasteiger partial charge in [-0.2, -0.15) is 5.10 Å². The summed E-state index contributed by atoms with van der Waals surface area (Å²) in [6.45, 7) is 4.98. The highest BCUT2D eigenvalue weighted by molar-refractivity contribution is 6.05. The van der Waals surface area contributed by atoms with Gasteiger partial charge in [-0.3, -0.25) is 0 Å². The van der Waals surface area contributed by atoms with E-state index in [0.717, 1.165) is 36.0 Å². The van der Waals surface area contributed by atoms with E-state index in [1.807, 2.05) is 29.8 Å². The van der Waals surface area contributed by atoms with E-state index in [2.05, 4.69) is 12.0 Å². The zero-order valence-corrected chi connectivity index (χ0v) is 15.6. The average molecular weight is 367 g/mol. The van der Waals surface area contributed by atoms with Gasteiger partial charge in [-0.15, -0.1) is 0 Å². The van der Waals surface area contributed by atoms with E-state index in [4.69, 9.17) is 19.2 Å². The highest BCUT2D eigenvalue weighted by Crippen LogP contribution is 2.36. The Bertz CT molecular complexity index is 1030. The maximum atomic E-state index is 12.4. The van der Waals surface area contributed by atoms with Gasteiger partial charge in [0.15, 0.2) is 17.1 Å². The van der Waals surface area contributed by atoms with Gasteiger partial charge >= 0.3 is 5.97 Å². The topological polar surface area (TPSA) is 75.5 Å². The first-order chi connectivity index (χ1) is 13.1. The van der Waals surface area contributed by atoms with Crippen LogP contribution in [0.25, 0.3) is 22.3 Å². The van der Waals surface area contributed by atoms with Crippen molar-refractivity contribution in [2.24, 2.45) is 0 Å². The first kappa shape index (κ1) is 17.3. The summed E-state index contributed by atoms with van der Waals surface area (Å²) in [6, 6.07) is 7.38. The number of rotatable bonds is 5. The summed E-state index contributed by atoms with van der Waals surface area (Å²) < 4.78 is 17.7. The second-order valence-electron chi connectivity index (χ2n) is 6.48. The van der Waals surface area contributed by atoms with Crippen molar-refractivity contribution < 1.29 is 19.0 Å². The summed E-state index contributed by atoms with van der Waals surface area (Å²) in [5.41, 5.74) is 3.43. The third-order valence-corrected chi connectivity index (χ3v) is 4.67. The molecule has 1 aliphatic heterocycles. The maximum absolute atomic E-state index is 12.4. The Morgan fingerprint density at radius 1 is 1.26 bits per heavy atom. The average Bonchev–Trinajstić information content (AvgIpc) is 3.28. The highest BCUT2D eigenvalue weighted by Gasteiger charge is 2.21. The van der Waals surface area contributed by atoms with Gasteiger partial charge in [0.05, 0.1) is 29.4 Å². The minimum absolute atomic E-state index is 0.210. The molecule has 0 fully saturated rings. The largest absolute Gasteiger partial charge is 0.465 e. The van der Waals surface area contributed by atoms with Crippen molar-refractivity contribution in [1.82, 2.24) is 14.8 Å². The van der Waals surface area contributed by atoms with Crippen LogP contribution in [0.4, 0.5) is 0 Å². The van der Waals surface area contributed by atoms with E-state index >= 15 is 0 Å². The Morgan fingerprint density at radius 2 is 2.07 bits per heavy atom. The fourth-order valence-corrected chi connectivity index (χ4v) is 3.29. The monoisotopic (exact) mass is 367 g/mol. The number of methoxy groups -OCH3 is 1. The van der Waals surface area contributed by atoms with Crippen molar-refractivity contribution in [1.29, 1.82) is 0 Å². The molecule has 4 rings (SSSR count). The third kappa shape index (κ3) is 2.99. The molecule has 0 bridgehead atoms. The SMILES string of the molecule is CCCCn1nc(C)c2c(C(=O)OC)cc(-c3ccc4c(c3)OCO4)nc21. The van der Waals surface area contributed by atoms with Gasteiger partial charge in [0.2, 0.25) is 6.79 Å². The number of hydrogen-bond donors (Lipinski definition) is 0. The third-order valence-electron chi connectivity index (χ3n) is 4.67. The fourth-order valence-electron chi connectivity index (χ4n) is 3.29. The molecule has 0 saturated carbocycles. The van der Waals surface area contributed by atoms with Gasteiger partial charge in [-0.1, -0.05) is 13.3 Å². The number of aryl methyl sites for hydroxylation is 2. The summed E-state index contributed by atoms with van der Waals surface area (Å²) in [4.78, 5) is 17.3. The van der Waals surface area contributed by atoms with Crippen LogP contribution in [0.1, 0.15) is 35.8 Å². The molecule has 140 valence electrons. The molecule has 0 unspecified atom stereocenters. The summed E-state index contributed by atoms with van der Waals surface area (Å²) in [6.07, 6.45) is 2.03. The Kier molecular flexibility index (Phi) is 4.43. The zero-order valence-electron chi connectivity index (χ0n) is 15.6. The lowest BCUT2D eigenvalue weighted by molar-refractivity contribution is 0.0603. The number of pyridine rings is 1. The van der Waals surface area contributed by atoms with Crippen molar-refractivity contribution in [3.63, 3.8) is 0 Å². The standard InChI is InChI=1S/C20H21N3O4/c1-4-5-8-23-19-18(12(2)22-23)14(20(24)25-3)10-15(21-19)13-6-7-16-17(9-13)27-11-26-16/h6-7,9-10H,4-5,8,11H2,1-3H3. The molecule has 0 amide bonds. The highest BCUT2D eigenvalue weighted by atomic mass is 16.7. The molecule has 2 aromatic heterocycles. The number of esters is 1. The van der Waals surface area contributed by atoms with Gasteiger partial charge in [0.1, 0.15) is 0 Å². The first-order valence-electron chi connectivity index (χ1n) is 8.99. The van der Waals surface area contributed by atoms with Crippen molar-refractivity contribution in [2.75, 3.05) is 13.9 Å². The van der Waals surface area contributed by atoms with Crippen LogP contribution >= 0.6 is 0 Å². The summed E-state index contributed by atoms with van der Waals surface area (Å²) >= 11 is 0. The lowest BCUT2D eigenvalue weighted by Gasteiger charge is -2.08. The van der Waals surface area contributed by atoms with Crippen LogP contribution in [-0.2, 0) is 11.3 Å². The lowest BCUT2D eigenvalue weighted by Crippen LogP contribution is -2.06. The Balaban J connectivity index is 1.91. The van der Waals surface area contributed by atoms with Crippen molar-refractivity contribution in [3.8, 4) is 22.8 Å². The quantitative estimate of drug-likeness (QED) is 0.640. The number of ether oxygens (including phenoxy) is 3. The molecule has 1 aromatic carbocycles. The molecule has 7 nitrogen and oxygen atoms in total. The van der Waals surface area contributed by atoms with Gasteiger partial charge in [-0.05, 0) is 37.6 Å². The Morgan fingerprint density at radius 3 is 2.85 bits per heavy atom. The molecular weight excluding hydrogens is 346 g/mol. The predicted molar refractivity (Wildman–Crippen MR) is 100 cm³/mol. The molecule has 0 N–H and O–H groups in total. The van der Waals surface area contributed by atoms with E-state index in [9.17, 15) is 4.79 Å². The number of carbonyl (C=O) groups is 1. The molecule has 0 radical (unpaired) electrons. The predicted octanol–water partition coefficient (Wildman–Crippen LogP) is 3.72. The molecule has 0 atom stereocenters. The number of aromatic nitrogens is 3. The molecule has 1 aliphatic rings. The molecule has 0 aliphatic carbocycles. The Labute approximate surface area is 156 Å². The smallest absolute Gasteiger partial charge is 0.338 e. The number of fused-ring (bicyclic) bond motifs is 2. The van der Waals surface area contributed by atoms with E-state index < -0.39 is 5.97 Å². The second kappa shape index (κ2) is 6.90. The summed E-state index contributed by atoms with van der Waals surface area (Å²) in [5, 5.41) is 5.34. The molecule has 27 heavy (non-hydrogen) atoms. The second-order valence-corrected chi connectivity index (χ2v) is 6.48. The van der Waals surface area contributed by atoms with E-state index in [1.165, 1.54) is 7.11 Å². The zero-order chi connectivity index (χ0) is 19.0. The van der Waals surface area contributed by atoms with Crippen LogP contribution < -0.4 is 9.47 Å². The van der Waals surface area contributed by atoms with Crippen molar-refractivity contribution in [3.05, 3.63) is 35.5 Å². The van der Waals surface area contributed by atoms with Gasteiger partial charge < -0.3 is 14.2 Å². The van der Waals surface area contributed by atoms with Gasteiger partial charge in [0.25, 0.3) is 0 Å². The van der Waals surface area contributed by atoms with E-state index in [0.29, 0.717) is 28.4 Å². The molecule has 7 heteroatoms.